The van der Waals surface area contributed by atoms with Gasteiger partial charge in [-0.15, -0.1) is 0 Å². The lowest BCUT2D eigenvalue weighted by atomic mass is 10.0. The zero-order valence-electron chi connectivity index (χ0n) is 21.3. The molecule has 0 atom stereocenters. The van der Waals surface area contributed by atoms with E-state index in [-0.39, 0.29) is 22.7 Å². The van der Waals surface area contributed by atoms with E-state index in [0.717, 1.165) is 55.2 Å². The number of anilines is 2. The summed E-state index contributed by atoms with van der Waals surface area (Å²) in [6.07, 6.45) is 9.92. The number of nitro benzene ring substituents is 2. The van der Waals surface area contributed by atoms with Gasteiger partial charge in [0.05, 0.1) is 9.85 Å². The molecule has 0 saturated carbocycles. The molecule has 0 saturated heterocycles. The standard InChI is InChI=1S/C16H20N2O4.C11H12N2O2/c1-16(2,3)22-15(19)17-13-10-12(11-6-4-5-7-11)8-9-14(13)18(20)21;12-10-7-9(8-3-1-2-4-8)5-6-11(10)13(14)15/h6,8-10H,4-5,7H2,1-3H3,(H,17,19);3,5-7H,1-2,4,12H2. The minimum Gasteiger partial charge on any atom is -0.444 e. The van der Waals surface area contributed by atoms with E-state index in [9.17, 15) is 25.0 Å². The first-order valence-electron chi connectivity index (χ1n) is 12.2. The summed E-state index contributed by atoms with van der Waals surface area (Å²) in [6.45, 7) is 5.21. The molecule has 1 amide bonds. The number of benzene rings is 2. The number of nitrogens with zero attached hydrogens (tertiary/aromatic N) is 2. The van der Waals surface area contributed by atoms with Crippen LogP contribution in [0, 0.1) is 20.2 Å². The smallest absolute Gasteiger partial charge is 0.412 e. The van der Waals surface area contributed by atoms with Crippen LogP contribution < -0.4 is 11.1 Å². The molecule has 10 heteroatoms. The number of nitrogens with two attached hydrogens (primary N) is 1. The highest BCUT2D eigenvalue weighted by atomic mass is 16.6. The van der Waals surface area contributed by atoms with E-state index < -0.39 is 21.5 Å². The fourth-order valence-corrected chi connectivity index (χ4v) is 4.20. The second-order valence-electron chi connectivity index (χ2n) is 9.89. The van der Waals surface area contributed by atoms with Crippen molar-refractivity contribution in [2.45, 2.75) is 64.9 Å². The maximum atomic E-state index is 11.9. The minimum absolute atomic E-state index is 0.0163. The molecule has 2 aliphatic rings. The number of nitro groups is 2. The zero-order chi connectivity index (χ0) is 27.2. The Balaban J connectivity index is 0.000000220. The number of rotatable bonds is 5. The second-order valence-corrected chi connectivity index (χ2v) is 9.89. The van der Waals surface area contributed by atoms with E-state index in [1.807, 2.05) is 0 Å². The van der Waals surface area contributed by atoms with Gasteiger partial charge in [0.25, 0.3) is 11.4 Å². The Labute approximate surface area is 215 Å². The van der Waals surface area contributed by atoms with Crippen molar-refractivity contribution in [3.05, 3.63) is 79.9 Å². The molecule has 2 aliphatic carbocycles. The molecule has 37 heavy (non-hydrogen) atoms. The van der Waals surface area contributed by atoms with Gasteiger partial charge in [-0.2, -0.15) is 0 Å². The van der Waals surface area contributed by atoms with Gasteiger partial charge < -0.3 is 10.5 Å². The van der Waals surface area contributed by atoms with Crippen LogP contribution in [0.15, 0.2) is 48.6 Å². The quantitative estimate of drug-likeness (QED) is 0.245. The van der Waals surface area contributed by atoms with Crippen LogP contribution in [0.2, 0.25) is 0 Å². The first kappa shape index (κ1) is 27.4. The molecule has 0 unspecified atom stereocenters. The van der Waals surface area contributed by atoms with Crippen molar-refractivity contribution in [2.75, 3.05) is 11.1 Å². The Morgan fingerprint density at radius 1 is 0.892 bits per heavy atom. The van der Waals surface area contributed by atoms with Crippen molar-refractivity contribution >= 4 is 40.0 Å². The molecule has 4 rings (SSSR count). The predicted octanol–water partition coefficient (Wildman–Crippen LogP) is 7.25. The summed E-state index contributed by atoms with van der Waals surface area (Å²) in [6, 6.07) is 9.71. The highest BCUT2D eigenvalue weighted by Crippen LogP contribution is 2.34. The van der Waals surface area contributed by atoms with Crippen LogP contribution in [0.5, 0.6) is 0 Å². The third-order valence-corrected chi connectivity index (χ3v) is 5.88. The summed E-state index contributed by atoms with van der Waals surface area (Å²) < 4.78 is 5.15. The van der Waals surface area contributed by atoms with Gasteiger partial charge in [0.1, 0.15) is 17.0 Å². The maximum absolute atomic E-state index is 11.9. The Hall–Kier alpha value is -4.21. The number of carbonyl (C=O) groups excluding carboxylic acids is 1. The third-order valence-electron chi connectivity index (χ3n) is 5.88. The molecule has 2 aromatic rings. The molecule has 0 radical (unpaired) electrons. The topological polar surface area (TPSA) is 151 Å². The number of nitrogen functional groups attached to an aromatic ring is 1. The maximum Gasteiger partial charge on any atom is 0.412 e. The van der Waals surface area contributed by atoms with Crippen molar-refractivity contribution in [3.63, 3.8) is 0 Å². The summed E-state index contributed by atoms with van der Waals surface area (Å²) in [7, 11) is 0. The summed E-state index contributed by atoms with van der Waals surface area (Å²) in [5.41, 5.74) is 9.50. The lowest BCUT2D eigenvalue weighted by Crippen LogP contribution is -2.27. The molecule has 196 valence electrons. The van der Waals surface area contributed by atoms with Crippen LogP contribution in [-0.2, 0) is 4.74 Å². The minimum atomic E-state index is -0.701. The molecule has 0 bridgehead atoms. The Bertz CT molecular complexity index is 1260. The van der Waals surface area contributed by atoms with Crippen LogP contribution in [-0.4, -0.2) is 21.5 Å². The van der Waals surface area contributed by atoms with Crippen LogP contribution in [0.3, 0.4) is 0 Å². The first-order valence-corrected chi connectivity index (χ1v) is 12.2. The summed E-state index contributed by atoms with van der Waals surface area (Å²) in [5, 5.41) is 24.2. The lowest BCUT2D eigenvalue weighted by Gasteiger charge is -2.19. The Kier molecular flexibility index (Phi) is 8.65. The van der Waals surface area contributed by atoms with Gasteiger partial charge in [0.2, 0.25) is 0 Å². The highest BCUT2D eigenvalue weighted by Gasteiger charge is 2.22. The number of hydrogen-bond donors (Lipinski definition) is 2. The molecular formula is C27H32N4O6. The molecule has 0 aliphatic heterocycles. The molecule has 0 aromatic heterocycles. The van der Waals surface area contributed by atoms with Gasteiger partial charge in [-0.1, -0.05) is 12.2 Å². The van der Waals surface area contributed by atoms with Gasteiger partial charge in [-0.05, 0) is 106 Å². The number of hydrogen-bond acceptors (Lipinski definition) is 7. The van der Waals surface area contributed by atoms with Gasteiger partial charge in [0.15, 0.2) is 0 Å². The first-order chi connectivity index (χ1) is 17.4. The molecular weight excluding hydrogens is 476 g/mol. The average molecular weight is 509 g/mol. The Morgan fingerprint density at radius 3 is 1.84 bits per heavy atom. The van der Waals surface area contributed by atoms with Crippen molar-refractivity contribution in [1.82, 2.24) is 0 Å². The van der Waals surface area contributed by atoms with E-state index in [0.29, 0.717) is 0 Å². The van der Waals surface area contributed by atoms with Crippen molar-refractivity contribution < 1.29 is 19.4 Å². The van der Waals surface area contributed by atoms with Crippen LogP contribution >= 0.6 is 0 Å². The second kappa shape index (κ2) is 11.7. The van der Waals surface area contributed by atoms with Crippen LogP contribution in [0.1, 0.15) is 70.4 Å². The number of allylic oxidation sites excluding steroid dienone is 4. The molecule has 10 nitrogen and oxygen atoms in total. The Morgan fingerprint density at radius 2 is 1.41 bits per heavy atom. The van der Waals surface area contributed by atoms with Gasteiger partial charge >= 0.3 is 6.09 Å². The monoisotopic (exact) mass is 508 g/mol. The molecule has 0 heterocycles. The van der Waals surface area contributed by atoms with Crippen molar-refractivity contribution in [2.24, 2.45) is 0 Å². The van der Waals surface area contributed by atoms with Gasteiger partial charge in [-0.25, -0.2) is 4.79 Å². The van der Waals surface area contributed by atoms with Crippen molar-refractivity contribution in [3.8, 4) is 0 Å². The van der Waals surface area contributed by atoms with E-state index in [1.54, 1.807) is 45.0 Å². The van der Waals surface area contributed by atoms with Crippen molar-refractivity contribution in [1.29, 1.82) is 0 Å². The normalized spacial score (nSPS) is 14.7. The van der Waals surface area contributed by atoms with E-state index in [1.165, 1.54) is 17.7 Å². The van der Waals surface area contributed by atoms with Gasteiger partial charge in [-0.3, -0.25) is 25.5 Å². The van der Waals surface area contributed by atoms with E-state index in [4.69, 9.17) is 10.5 Å². The largest absolute Gasteiger partial charge is 0.444 e. The lowest BCUT2D eigenvalue weighted by molar-refractivity contribution is -0.384. The fourth-order valence-electron chi connectivity index (χ4n) is 4.20. The third kappa shape index (κ3) is 7.63. The molecule has 2 aromatic carbocycles. The summed E-state index contributed by atoms with van der Waals surface area (Å²) >= 11 is 0. The number of amides is 1. The SMILES string of the molecule is CC(C)(C)OC(=O)Nc1cc(C2=CCCC2)ccc1[N+](=O)[O-].Nc1cc(C2=CCCC2)ccc1[N+](=O)[O-]. The van der Waals surface area contributed by atoms with Crippen LogP contribution in [0.25, 0.3) is 11.1 Å². The number of nitrogens with one attached hydrogen (secondary N) is 1. The molecule has 3 N–H and O–H groups in total. The highest BCUT2D eigenvalue weighted by molar-refractivity contribution is 5.89. The summed E-state index contributed by atoms with van der Waals surface area (Å²) in [4.78, 5) is 32.6. The van der Waals surface area contributed by atoms with Gasteiger partial charge in [0, 0.05) is 12.1 Å². The fraction of sp³-hybridized carbons (Fsp3) is 0.370. The zero-order valence-corrected chi connectivity index (χ0v) is 21.3. The molecule has 0 fully saturated rings. The van der Waals surface area contributed by atoms with E-state index in [2.05, 4.69) is 17.5 Å². The predicted molar refractivity (Wildman–Crippen MR) is 144 cm³/mol. The van der Waals surface area contributed by atoms with Crippen LogP contribution in [0.4, 0.5) is 27.5 Å². The number of ether oxygens (including phenoxy) is 1. The summed E-state index contributed by atoms with van der Waals surface area (Å²) in [5.74, 6) is 0. The molecule has 0 spiro atoms. The average Bonchev–Trinajstić information content (AvgIpc) is 3.52. The number of carbonyl (C=O) groups is 1. The van der Waals surface area contributed by atoms with E-state index >= 15 is 0 Å².